The van der Waals surface area contributed by atoms with Crippen LogP contribution in [0.1, 0.15) is 17.2 Å². The van der Waals surface area contributed by atoms with Gasteiger partial charge in [-0.1, -0.05) is 42.5 Å². The molecule has 152 valence electrons. The fourth-order valence-electron chi connectivity index (χ4n) is 4.46. The molecule has 0 aliphatic carbocycles. The maximum Gasteiger partial charge on any atom is 0.280 e. The standard InChI is InChI=1S/C25H21N5O/c1-29(2)16-13-11-15(12-14-16)22-21-17-7-3-5-9-19(17)26-23(21)24-27-20-10-6-4-8-18(20)25(31)30(24)28-22/h3-14,22,26,28H,1-2H3. The monoisotopic (exact) mass is 407 g/mol. The Balaban J connectivity index is 1.65. The molecular weight excluding hydrogens is 386 g/mol. The van der Waals surface area contributed by atoms with Gasteiger partial charge in [-0.15, -0.1) is 0 Å². The number of para-hydroxylation sites is 2. The summed E-state index contributed by atoms with van der Waals surface area (Å²) >= 11 is 0. The molecule has 3 heterocycles. The molecular formula is C25H21N5O. The van der Waals surface area contributed by atoms with E-state index in [1.807, 2.05) is 50.5 Å². The molecule has 1 aliphatic rings. The van der Waals surface area contributed by atoms with Crippen molar-refractivity contribution >= 4 is 27.5 Å². The number of benzene rings is 3. The molecule has 5 aromatic rings. The van der Waals surface area contributed by atoms with E-state index < -0.39 is 0 Å². The van der Waals surface area contributed by atoms with E-state index in [4.69, 9.17) is 4.98 Å². The molecule has 1 aliphatic heterocycles. The number of anilines is 1. The summed E-state index contributed by atoms with van der Waals surface area (Å²) in [7, 11) is 4.05. The molecule has 1 atom stereocenters. The summed E-state index contributed by atoms with van der Waals surface area (Å²) in [6.45, 7) is 0. The third-order valence-electron chi connectivity index (χ3n) is 6.04. The zero-order valence-corrected chi connectivity index (χ0v) is 17.3. The van der Waals surface area contributed by atoms with Crippen LogP contribution in [0.5, 0.6) is 0 Å². The van der Waals surface area contributed by atoms with Gasteiger partial charge in [0.05, 0.1) is 22.6 Å². The van der Waals surface area contributed by atoms with Crippen molar-refractivity contribution in [2.45, 2.75) is 6.04 Å². The summed E-state index contributed by atoms with van der Waals surface area (Å²) in [6, 6.07) is 23.9. The third kappa shape index (κ3) is 2.58. The Kier molecular flexibility index (Phi) is 3.71. The van der Waals surface area contributed by atoms with E-state index in [1.54, 1.807) is 4.68 Å². The molecule has 2 aromatic heterocycles. The van der Waals surface area contributed by atoms with Gasteiger partial charge in [0, 0.05) is 36.2 Å². The molecule has 1 unspecified atom stereocenters. The second kappa shape index (κ2) is 6.47. The van der Waals surface area contributed by atoms with Gasteiger partial charge in [-0.05, 0) is 35.9 Å². The Morgan fingerprint density at radius 2 is 1.61 bits per heavy atom. The highest BCUT2D eigenvalue weighted by Crippen LogP contribution is 2.40. The van der Waals surface area contributed by atoms with Crippen LogP contribution in [0.2, 0.25) is 0 Å². The molecule has 6 heteroatoms. The zero-order valence-electron chi connectivity index (χ0n) is 17.3. The van der Waals surface area contributed by atoms with Gasteiger partial charge in [-0.3, -0.25) is 4.79 Å². The number of aromatic amines is 1. The summed E-state index contributed by atoms with van der Waals surface area (Å²) in [5.41, 5.74) is 9.29. The predicted molar refractivity (Wildman–Crippen MR) is 125 cm³/mol. The maximum atomic E-state index is 13.4. The van der Waals surface area contributed by atoms with Gasteiger partial charge in [0.2, 0.25) is 0 Å². The number of rotatable bonds is 2. The SMILES string of the molecule is CN(C)c1ccc(C2Nn3c(nc4ccccc4c3=O)-c3[nH]c4ccccc4c32)cc1. The molecule has 31 heavy (non-hydrogen) atoms. The van der Waals surface area contributed by atoms with Crippen LogP contribution in [0.3, 0.4) is 0 Å². The highest BCUT2D eigenvalue weighted by molar-refractivity contribution is 5.92. The normalized spacial score (nSPS) is 14.8. The highest BCUT2D eigenvalue weighted by Gasteiger charge is 2.31. The summed E-state index contributed by atoms with van der Waals surface area (Å²) < 4.78 is 1.59. The Bertz CT molecular complexity index is 1510. The van der Waals surface area contributed by atoms with E-state index >= 15 is 0 Å². The smallest absolute Gasteiger partial charge is 0.280 e. The molecule has 6 rings (SSSR count). The fourth-order valence-corrected chi connectivity index (χ4v) is 4.46. The number of fused-ring (bicyclic) bond motifs is 6. The van der Waals surface area contributed by atoms with Crippen molar-refractivity contribution in [3.63, 3.8) is 0 Å². The minimum absolute atomic E-state index is 0.0974. The molecule has 0 amide bonds. The Hall–Kier alpha value is -4.06. The van der Waals surface area contributed by atoms with Gasteiger partial charge in [0.1, 0.15) is 0 Å². The second-order valence-corrected chi connectivity index (χ2v) is 8.10. The molecule has 3 aromatic carbocycles. The van der Waals surface area contributed by atoms with Crippen LogP contribution in [0.25, 0.3) is 33.3 Å². The van der Waals surface area contributed by atoms with E-state index in [9.17, 15) is 4.79 Å². The van der Waals surface area contributed by atoms with Crippen molar-refractivity contribution in [2.75, 3.05) is 24.4 Å². The predicted octanol–water partition coefficient (Wildman–Crippen LogP) is 4.26. The lowest BCUT2D eigenvalue weighted by molar-refractivity contribution is 0.711. The first-order valence-electron chi connectivity index (χ1n) is 10.3. The van der Waals surface area contributed by atoms with E-state index in [0.717, 1.165) is 33.4 Å². The molecule has 0 saturated carbocycles. The number of hydrogen-bond donors (Lipinski definition) is 2. The average Bonchev–Trinajstić information content (AvgIpc) is 3.19. The van der Waals surface area contributed by atoms with Gasteiger partial charge < -0.3 is 15.3 Å². The van der Waals surface area contributed by atoms with Crippen LogP contribution in [-0.4, -0.2) is 28.7 Å². The second-order valence-electron chi connectivity index (χ2n) is 8.10. The molecule has 0 spiro atoms. The molecule has 0 saturated heterocycles. The van der Waals surface area contributed by atoms with E-state index in [1.165, 1.54) is 0 Å². The van der Waals surface area contributed by atoms with Crippen LogP contribution < -0.4 is 15.9 Å². The molecule has 6 nitrogen and oxygen atoms in total. The number of nitrogens with zero attached hydrogens (tertiary/aromatic N) is 3. The lowest BCUT2D eigenvalue weighted by Gasteiger charge is -2.29. The lowest BCUT2D eigenvalue weighted by Crippen LogP contribution is -2.37. The van der Waals surface area contributed by atoms with Crippen LogP contribution in [0.15, 0.2) is 77.6 Å². The first-order chi connectivity index (χ1) is 15.1. The Labute approximate surface area is 178 Å². The summed E-state index contributed by atoms with van der Waals surface area (Å²) in [4.78, 5) is 23.8. The van der Waals surface area contributed by atoms with Gasteiger partial charge >= 0.3 is 0 Å². The fraction of sp³-hybridized carbons (Fsp3) is 0.120. The maximum absolute atomic E-state index is 13.4. The van der Waals surface area contributed by atoms with E-state index in [0.29, 0.717) is 16.7 Å². The summed E-state index contributed by atoms with van der Waals surface area (Å²) in [5.74, 6) is 0.607. The first-order valence-corrected chi connectivity index (χ1v) is 10.3. The molecule has 0 bridgehead atoms. The van der Waals surface area contributed by atoms with Gasteiger partial charge in [-0.2, -0.15) is 0 Å². The van der Waals surface area contributed by atoms with Crippen molar-refractivity contribution in [3.05, 3.63) is 94.3 Å². The Morgan fingerprint density at radius 1 is 0.903 bits per heavy atom. The number of aromatic nitrogens is 3. The summed E-state index contributed by atoms with van der Waals surface area (Å²) in [6.07, 6.45) is 0. The molecule has 0 fully saturated rings. The molecule has 2 N–H and O–H groups in total. The van der Waals surface area contributed by atoms with Crippen molar-refractivity contribution in [1.29, 1.82) is 0 Å². The van der Waals surface area contributed by atoms with Crippen molar-refractivity contribution in [2.24, 2.45) is 0 Å². The average molecular weight is 407 g/mol. The quantitative estimate of drug-likeness (QED) is 0.459. The van der Waals surface area contributed by atoms with E-state index in [-0.39, 0.29) is 11.6 Å². The minimum Gasteiger partial charge on any atom is -0.378 e. The highest BCUT2D eigenvalue weighted by atomic mass is 16.1. The van der Waals surface area contributed by atoms with Crippen molar-refractivity contribution < 1.29 is 0 Å². The number of nitrogens with one attached hydrogen (secondary N) is 2. The number of hydrogen-bond acceptors (Lipinski definition) is 4. The molecule has 0 radical (unpaired) electrons. The van der Waals surface area contributed by atoms with E-state index in [2.05, 4.69) is 51.7 Å². The van der Waals surface area contributed by atoms with Crippen molar-refractivity contribution in [1.82, 2.24) is 14.6 Å². The largest absolute Gasteiger partial charge is 0.378 e. The van der Waals surface area contributed by atoms with Crippen LogP contribution in [-0.2, 0) is 0 Å². The van der Waals surface area contributed by atoms with Crippen LogP contribution >= 0.6 is 0 Å². The topological polar surface area (TPSA) is 66.0 Å². The van der Waals surface area contributed by atoms with Crippen LogP contribution in [0.4, 0.5) is 5.69 Å². The Morgan fingerprint density at radius 3 is 2.39 bits per heavy atom. The van der Waals surface area contributed by atoms with Crippen molar-refractivity contribution in [3.8, 4) is 11.5 Å². The zero-order chi connectivity index (χ0) is 21.1. The first kappa shape index (κ1) is 17.8. The number of H-pyrrole nitrogens is 1. The van der Waals surface area contributed by atoms with Gasteiger partial charge in [0.25, 0.3) is 5.56 Å². The minimum atomic E-state index is -0.185. The van der Waals surface area contributed by atoms with Gasteiger partial charge in [0.15, 0.2) is 5.82 Å². The summed E-state index contributed by atoms with van der Waals surface area (Å²) in [5, 5.41) is 1.72. The van der Waals surface area contributed by atoms with Gasteiger partial charge in [-0.25, -0.2) is 9.66 Å². The third-order valence-corrected chi connectivity index (χ3v) is 6.04. The lowest BCUT2D eigenvalue weighted by atomic mass is 9.94. The van der Waals surface area contributed by atoms with Crippen LogP contribution in [0, 0.1) is 0 Å².